The smallest absolute Gasteiger partial charge is 0.166 e. The van der Waals surface area contributed by atoms with Gasteiger partial charge in [0.1, 0.15) is 0 Å². The van der Waals surface area contributed by atoms with Crippen molar-refractivity contribution in [3.05, 3.63) is 108 Å². The van der Waals surface area contributed by atoms with Crippen molar-refractivity contribution in [2.24, 2.45) is 0 Å². The quantitative estimate of drug-likeness (QED) is 0.180. The van der Waals surface area contributed by atoms with Crippen LogP contribution in [0.1, 0.15) is 11.1 Å². The molecule has 0 bridgehead atoms. The van der Waals surface area contributed by atoms with Crippen molar-refractivity contribution < 1.29 is 26.3 Å². The minimum atomic E-state index is -4.44. The molecule has 0 heterocycles. The lowest BCUT2D eigenvalue weighted by atomic mass is 9.85. The van der Waals surface area contributed by atoms with Gasteiger partial charge in [-0.3, -0.25) is 0 Å². The van der Waals surface area contributed by atoms with Crippen LogP contribution in [0.15, 0.2) is 97.1 Å². The number of fused-ring (bicyclic) bond motifs is 2. The summed E-state index contributed by atoms with van der Waals surface area (Å²) in [6.07, 6.45) is -8.87. The fraction of sp³-hybridized carbons (Fsp3) is 0.0714. The maximum atomic E-state index is 13.1. The van der Waals surface area contributed by atoms with Gasteiger partial charge in [-0.15, -0.1) is 0 Å². The Balaban J connectivity index is 1.81. The van der Waals surface area contributed by atoms with Crippen LogP contribution >= 0.6 is 0 Å². The van der Waals surface area contributed by atoms with Crippen LogP contribution in [-0.2, 0) is 12.4 Å². The van der Waals surface area contributed by atoms with Crippen LogP contribution in [0.5, 0.6) is 0 Å². The van der Waals surface area contributed by atoms with Crippen LogP contribution in [0.2, 0.25) is 0 Å². The van der Waals surface area contributed by atoms with Crippen LogP contribution in [0, 0.1) is 0 Å². The average molecular weight is 466 g/mol. The van der Waals surface area contributed by atoms with E-state index in [1.807, 2.05) is 48.5 Å². The summed E-state index contributed by atoms with van der Waals surface area (Å²) in [4.78, 5) is 0. The van der Waals surface area contributed by atoms with Crippen LogP contribution in [0.25, 0.3) is 43.8 Å². The Hall–Kier alpha value is -3.80. The minimum absolute atomic E-state index is 0.624. The zero-order valence-electron chi connectivity index (χ0n) is 17.5. The second-order valence-corrected chi connectivity index (χ2v) is 7.99. The SMILES string of the molecule is FC(F)(F)c1ccc(-c2c3ccccc3c(-c3ccc(C(F)(F)F)cc3)c3ccccc23)cc1. The van der Waals surface area contributed by atoms with Gasteiger partial charge in [0.2, 0.25) is 0 Å². The predicted octanol–water partition coefficient (Wildman–Crippen LogP) is 9.36. The summed E-state index contributed by atoms with van der Waals surface area (Å²) in [6, 6.07) is 24.9. The molecule has 5 aromatic carbocycles. The third kappa shape index (κ3) is 3.79. The second-order valence-electron chi connectivity index (χ2n) is 7.99. The largest absolute Gasteiger partial charge is 0.416 e. The van der Waals surface area contributed by atoms with E-state index in [2.05, 4.69) is 0 Å². The van der Waals surface area contributed by atoms with E-state index in [9.17, 15) is 26.3 Å². The molecular weight excluding hydrogens is 450 g/mol. The summed E-state index contributed by atoms with van der Waals surface area (Å²) in [5.74, 6) is 0. The topological polar surface area (TPSA) is 0 Å². The first-order valence-electron chi connectivity index (χ1n) is 10.4. The van der Waals surface area contributed by atoms with E-state index in [4.69, 9.17) is 0 Å². The molecular formula is C28H16F6. The molecule has 5 rings (SSSR count). The van der Waals surface area contributed by atoms with Gasteiger partial charge in [0.05, 0.1) is 11.1 Å². The van der Waals surface area contributed by atoms with Crippen molar-refractivity contribution in [2.75, 3.05) is 0 Å². The van der Waals surface area contributed by atoms with Gasteiger partial charge in [0.25, 0.3) is 0 Å². The lowest BCUT2D eigenvalue weighted by Crippen LogP contribution is -2.04. The first-order valence-corrected chi connectivity index (χ1v) is 10.4. The predicted molar refractivity (Wildman–Crippen MR) is 122 cm³/mol. The van der Waals surface area contributed by atoms with E-state index in [0.29, 0.717) is 11.1 Å². The van der Waals surface area contributed by atoms with Gasteiger partial charge in [0.15, 0.2) is 0 Å². The number of hydrogen-bond acceptors (Lipinski definition) is 0. The van der Waals surface area contributed by atoms with Gasteiger partial charge < -0.3 is 0 Å². The first-order chi connectivity index (χ1) is 16.1. The Morgan fingerprint density at radius 3 is 0.853 bits per heavy atom. The zero-order valence-corrected chi connectivity index (χ0v) is 17.5. The molecule has 0 nitrogen and oxygen atoms in total. The molecule has 0 N–H and O–H groups in total. The lowest BCUT2D eigenvalue weighted by Gasteiger charge is -2.18. The summed E-state index contributed by atoms with van der Waals surface area (Å²) in [5.41, 5.74) is 1.34. The number of hydrogen-bond donors (Lipinski definition) is 0. The third-order valence-electron chi connectivity index (χ3n) is 5.93. The van der Waals surface area contributed by atoms with Crippen LogP contribution in [0.4, 0.5) is 26.3 Å². The van der Waals surface area contributed by atoms with Gasteiger partial charge >= 0.3 is 12.4 Å². The molecule has 0 unspecified atom stereocenters. The molecule has 0 atom stereocenters. The normalized spacial score (nSPS) is 12.4. The fourth-order valence-electron chi connectivity index (χ4n) is 4.40. The lowest BCUT2D eigenvalue weighted by molar-refractivity contribution is -0.138. The molecule has 34 heavy (non-hydrogen) atoms. The molecule has 0 amide bonds. The van der Waals surface area contributed by atoms with Gasteiger partial charge in [-0.1, -0.05) is 72.8 Å². The van der Waals surface area contributed by atoms with Gasteiger partial charge in [-0.25, -0.2) is 0 Å². The van der Waals surface area contributed by atoms with Crippen molar-refractivity contribution in [1.29, 1.82) is 0 Å². The Morgan fingerprint density at radius 1 is 0.353 bits per heavy atom. The van der Waals surface area contributed by atoms with Gasteiger partial charge in [-0.2, -0.15) is 26.3 Å². The van der Waals surface area contributed by atoms with Crippen LogP contribution in [-0.4, -0.2) is 0 Å². The molecule has 0 fully saturated rings. The Morgan fingerprint density at radius 2 is 0.618 bits per heavy atom. The minimum Gasteiger partial charge on any atom is -0.166 e. The van der Waals surface area contributed by atoms with E-state index in [1.165, 1.54) is 24.3 Å². The zero-order chi connectivity index (χ0) is 24.1. The molecule has 0 saturated carbocycles. The molecule has 0 aliphatic carbocycles. The monoisotopic (exact) mass is 466 g/mol. The number of alkyl halides is 6. The number of halogens is 6. The Kier molecular flexibility index (Phi) is 5.12. The highest BCUT2D eigenvalue weighted by Crippen LogP contribution is 2.44. The molecule has 0 radical (unpaired) electrons. The summed E-state index contributed by atoms with van der Waals surface area (Å²) in [5, 5.41) is 3.21. The van der Waals surface area contributed by atoms with Gasteiger partial charge in [-0.05, 0) is 68.1 Å². The summed E-state index contributed by atoms with van der Waals surface area (Å²) in [7, 11) is 0. The maximum absolute atomic E-state index is 13.1. The fourth-order valence-corrected chi connectivity index (χ4v) is 4.40. The highest BCUT2D eigenvalue weighted by molar-refractivity contribution is 6.21. The number of rotatable bonds is 2. The van der Waals surface area contributed by atoms with Crippen molar-refractivity contribution in [1.82, 2.24) is 0 Å². The highest BCUT2D eigenvalue weighted by atomic mass is 19.4. The second kappa shape index (κ2) is 7.90. The molecule has 5 aromatic rings. The Labute approximate surface area is 191 Å². The van der Waals surface area contributed by atoms with E-state index in [1.54, 1.807) is 0 Å². The standard InChI is InChI=1S/C28H16F6/c29-27(30,31)19-13-9-17(10-14-19)25-21-5-1-2-6-22(21)26(24-8-4-3-7-23(24)25)18-11-15-20(16-12-18)28(32,33)34/h1-16H. The van der Waals surface area contributed by atoms with Crippen LogP contribution in [0.3, 0.4) is 0 Å². The third-order valence-corrected chi connectivity index (χ3v) is 5.93. The van der Waals surface area contributed by atoms with Crippen LogP contribution < -0.4 is 0 Å². The molecule has 0 saturated heterocycles. The maximum Gasteiger partial charge on any atom is 0.416 e. The van der Waals surface area contributed by atoms with Crippen molar-refractivity contribution >= 4 is 21.5 Å². The molecule has 0 aliphatic rings. The molecule has 0 aromatic heterocycles. The van der Waals surface area contributed by atoms with E-state index >= 15 is 0 Å². The van der Waals surface area contributed by atoms with Crippen molar-refractivity contribution in [2.45, 2.75) is 12.4 Å². The van der Waals surface area contributed by atoms with E-state index in [-0.39, 0.29) is 0 Å². The van der Waals surface area contributed by atoms with E-state index in [0.717, 1.165) is 56.9 Å². The summed E-state index contributed by atoms with van der Waals surface area (Å²) < 4.78 is 78.6. The first kappa shape index (κ1) is 22.0. The molecule has 0 aliphatic heterocycles. The summed E-state index contributed by atoms with van der Waals surface area (Å²) >= 11 is 0. The molecule has 0 spiro atoms. The molecule has 6 heteroatoms. The number of benzene rings is 5. The highest BCUT2D eigenvalue weighted by Gasteiger charge is 2.31. The van der Waals surface area contributed by atoms with Crippen molar-refractivity contribution in [3.63, 3.8) is 0 Å². The summed E-state index contributed by atoms with van der Waals surface area (Å²) in [6.45, 7) is 0. The average Bonchev–Trinajstić information content (AvgIpc) is 2.81. The van der Waals surface area contributed by atoms with E-state index < -0.39 is 23.5 Å². The van der Waals surface area contributed by atoms with Crippen molar-refractivity contribution in [3.8, 4) is 22.3 Å². The Bertz CT molecular complexity index is 1320. The molecule has 170 valence electrons. The van der Waals surface area contributed by atoms with Gasteiger partial charge in [0, 0.05) is 0 Å².